The molecular weight excluding hydrogens is 180 g/mol. The van der Waals surface area contributed by atoms with Crippen LogP contribution in [-0.2, 0) is 19.4 Å². The molecule has 70 valence electrons. The Labute approximate surface area is 71.8 Å². The Morgan fingerprint density at radius 2 is 2.25 bits per heavy atom. The molecule has 0 aromatic heterocycles. The molecule has 0 saturated carbocycles. The molecule has 1 unspecified atom stereocenters. The number of carbonyl (C=O) groups is 1. The minimum Gasteiger partial charge on any atom is -0.461 e. The normalized spacial score (nSPS) is 26.9. The maximum absolute atomic E-state index is 10.9. The Hall–Kier alpha value is -0.580. The number of carbonyl (C=O) groups excluding carboxylic acids is 1. The van der Waals surface area contributed by atoms with Gasteiger partial charge in [0.25, 0.3) is 0 Å². The van der Waals surface area contributed by atoms with Crippen molar-refractivity contribution in [2.75, 3.05) is 11.5 Å². The lowest BCUT2D eigenvalue weighted by Crippen LogP contribution is -2.18. The molecule has 1 saturated heterocycles. The second kappa shape index (κ2) is 3.43. The molecular formula is C7H12O4S. The number of ether oxygens (including phenoxy) is 1. The van der Waals surface area contributed by atoms with Gasteiger partial charge in [0.15, 0.2) is 9.84 Å². The van der Waals surface area contributed by atoms with Crippen LogP contribution in [0.2, 0.25) is 0 Å². The molecule has 1 atom stereocenters. The van der Waals surface area contributed by atoms with E-state index in [0.29, 0.717) is 12.8 Å². The van der Waals surface area contributed by atoms with Crippen LogP contribution in [-0.4, -0.2) is 32.0 Å². The summed E-state index contributed by atoms with van der Waals surface area (Å²) in [6.07, 6.45) is 0.354. The summed E-state index contributed by atoms with van der Waals surface area (Å²) < 4.78 is 26.7. The van der Waals surface area contributed by atoms with Crippen molar-refractivity contribution in [3.05, 3.63) is 0 Å². The molecule has 12 heavy (non-hydrogen) atoms. The lowest BCUT2D eigenvalue weighted by Gasteiger charge is -2.07. The summed E-state index contributed by atoms with van der Waals surface area (Å²) in [6, 6.07) is 0. The van der Waals surface area contributed by atoms with E-state index in [0.717, 1.165) is 0 Å². The highest BCUT2D eigenvalue weighted by Gasteiger charge is 2.30. The van der Waals surface area contributed by atoms with Crippen LogP contribution in [0.3, 0.4) is 0 Å². The standard InChI is InChI=1S/C7H12O4S/c1-2-7(8)11-6-3-4-12(9,10)5-6/h6H,2-5H2,1H3. The zero-order valence-corrected chi connectivity index (χ0v) is 7.76. The van der Waals surface area contributed by atoms with Gasteiger partial charge in [-0.05, 0) is 6.42 Å². The van der Waals surface area contributed by atoms with Crippen molar-refractivity contribution in [3.63, 3.8) is 0 Å². The maximum Gasteiger partial charge on any atom is 0.305 e. The summed E-state index contributed by atoms with van der Waals surface area (Å²) in [6.45, 7) is 1.69. The predicted octanol–water partition coefficient (Wildman–Crippen LogP) is 0.127. The first-order valence-corrected chi connectivity index (χ1v) is 5.75. The van der Waals surface area contributed by atoms with E-state index >= 15 is 0 Å². The zero-order chi connectivity index (χ0) is 9.19. The summed E-state index contributed by atoms with van der Waals surface area (Å²) in [5.41, 5.74) is 0. The first kappa shape index (κ1) is 9.51. The van der Waals surface area contributed by atoms with Crippen molar-refractivity contribution in [1.29, 1.82) is 0 Å². The second-order valence-corrected chi connectivity index (χ2v) is 5.10. The second-order valence-electron chi connectivity index (χ2n) is 2.87. The van der Waals surface area contributed by atoms with Crippen LogP contribution in [0, 0.1) is 0 Å². The molecule has 0 N–H and O–H groups in total. The lowest BCUT2D eigenvalue weighted by atomic mass is 10.3. The minimum absolute atomic E-state index is 0.00125. The number of sulfone groups is 1. The molecule has 5 heteroatoms. The molecule has 1 aliphatic rings. The van der Waals surface area contributed by atoms with Gasteiger partial charge in [-0.2, -0.15) is 0 Å². The van der Waals surface area contributed by atoms with Gasteiger partial charge >= 0.3 is 5.97 Å². The van der Waals surface area contributed by atoms with Gasteiger partial charge in [-0.15, -0.1) is 0 Å². The quantitative estimate of drug-likeness (QED) is 0.583. The molecule has 0 bridgehead atoms. The lowest BCUT2D eigenvalue weighted by molar-refractivity contribution is -0.147. The van der Waals surface area contributed by atoms with E-state index in [-0.39, 0.29) is 17.5 Å². The first-order valence-electron chi connectivity index (χ1n) is 3.93. The summed E-state index contributed by atoms with van der Waals surface area (Å²) in [4.78, 5) is 10.8. The van der Waals surface area contributed by atoms with Gasteiger partial charge in [-0.3, -0.25) is 4.79 Å². The molecule has 0 spiro atoms. The third-order valence-electron chi connectivity index (χ3n) is 1.78. The third-order valence-corrected chi connectivity index (χ3v) is 3.51. The van der Waals surface area contributed by atoms with Crippen molar-refractivity contribution in [2.45, 2.75) is 25.9 Å². The van der Waals surface area contributed by atoms with E-state index in [4.69, 9.17) is 4.74 Å². The molecule has 1 fully saturated rings. The summed E-state index contributed by atoms with van der Waals surface area (Å²) in [7, 11) is -2.93. The van der Waals surface area contributed by atoms with E-state index in [2.05, 4.69) is 0 Å². The van der Waals surface area contributed by atoms with Gasteiger partial charge in [0.2, 0.25) is 0 Å². The number of esters is 1. The average Bonchev–Trinajstić information content (AvgIpc) is 2.30. The molecule has 4 nitrogen and oxygen atoms in total. The van der Waals surface area contributed by atoms with Crippen LogP contribution in [0.25, 0.3) is 0 Å². The van der Waals surface area contributed by atoms with Crippen LogP contribution in [0.1, 0.15) is 19.8 Å². The fraction of sp³-hybridized carbons (Fsp3) is 0.857. The number of rotatable bonds is 2. The smallest absolute Gasteiger partial charge is 0.305 e. The average molecular weight is 192 g/mol. The molecule has 0 amide bonds. The highest BCUT2D eigenvalue weighted by Crippen LogP contribution is 2.15. The Kier molecular flexibility index (Phi) is 2.72. The monoisotopic (exact) mass is 192 g/mol. The Bertz CT molecular complexity index is 267. The Balaban J connectivity index is 2.43. The van der Waals surface area contributed by atoms with Crippen LogP contribution < -0.4 is 0 Å². The zero-order valence-electron chi connectivity index (χ0n) is 6.95. The van der Waals surface area contributed by atoms with Gasteiger partial charge in [-0.25, -0.2) is 8.42 Å². The van der Waals surface area contributed by atoms with Gasteiger partial charge < -0.3 is 4.74 Å². The van der Waals surface area contributed by atoms with Crippen LogP contribution in [0.5, 0.6) is 0 Å². The molecule has 0 radical (unpaired) electrons. The maximum atomic E-state index is 10.9. The summed E-state index contributed by atoms with van der Waals surface area (Å²) in [5, 5.41) is 0. The predicted molar refractivity (Wildman–Crippen MR) is 43.4 cm³/mol. The van der Waals surface area contributed by atoms with E-state index in [1.54, 1.807) is 6.92 Å². The Morgan fingerprint density at radius 1 is 1.58 bits per heavy atom. The molecule has 1 rings (SSSR count). The van der Waals surface area contributed by atoms with Crippen LogP contribution in [0.15, 0.2) is 0 Å². The van der Waals surface area contributed by atoms with Crippen molar-refractivity contribution < 1.29 is 17.9 Å². The molecule has 0 aromatic rings. The molecule has 1 heterocycles. The van der Waals surface area contributed by atoms with Gasteiger partial charge in [-0.1, -0.05) is 6.92 Å². The molecule has 0 aromatic carbocycles. The number of hydrogen-bond donors (Lipinski definition) is 0. The van der Waals surface area contributed by atoms with Gasteiger partial charge in [0.1, 0.15) is 6.10 Å². The minimum atomic E-state index is -2.93. The van der Waals surface area contributed by atoms with Gasteiger partial charge in [0.05, 0.1) is 11.5 Å². The molecule has 0 aliphatic carbocycles. The fourth-order valence-corrected chi connectivity index (χ4v) is 2.71. The van der Waals surface area contributed by atoms with Crippen molar-refractivity contribution in [1.82, 2.24) is 0 Å². The summed E-state index contributed by atoms with van der Waals surface area (Å²) in [5.74, 6) is -0.176. The first-order chi connectivity index (χ1) is 5.53. The largest absolute Gasteiger partial charge is 0.461 e. The highest BCUT2D eigenvalue weighted by molar-refractivity contribution is 7.91. The SMILES string of the molecule is CCC(=O)OC1CCS(=O)(=O)C1. The van der Waals surface area contributed by atoms with Crippen molar-refractivity contribution in [3.8, 4) is 0 Å². The van der Waals surface area contributed by atoms with Crippen molar-refractivity contribution >= 4 is 15.8 Å². The third kappa shape index (κ3) is 2.48. The van der Waals surface area contributed by atoms with E-state index in [9.17, 15) is 13.2 Å². The van der Waals surface area contributed by atoms with E-state index < -0.39 is 15.9 Å². The topological polar surface area (TPSA) is 60.4 Å². The molecule has 1 aliphatic heterocycles. The van der Waals surface area contributed by atoms with E-state index in [1.807, 2.05) is 0 Å². The van der Waals surface area contributed by atoms with E-state index in [1.165, 1.54) is 0 Å². The highest BCUT2D eigenvalue weighted by atomic mass is 32.2. The fourth-order valence-electron chi connectivity index (χ4n) is 1.12. The Morgan fingerprint density at radius 3 is 2.67 bits per heavy atom. The van der Waals surface area contributed by atoms with Crippen LogP contribution >= 0.6 is 0 Å². The van der Waals surface area contributed by atoms with Crippen LogP contribution in [0.4, 0.5) is 0 Å². The number of hydrogen-bond acceptors (Lipinski definition) is 4. The summed E-state index contributed by atoms with van der Waals surface area (Å²) >= 11 is 0. The van der Waals surface area contributed by atoms with Crippen molar-refractivity contribution in [2.24, 2.45) is 0 Å². The van der Waals surface area contributed by atoms with Gasteiger partial charge in [0, 0.05) is 6.42 Å².